The van der Waals surface area contributed by atoms with Crippen LogP contribution in [-0.4, -0.2) is 29.4 Å². The van der Waals surface area contributed by atoms with Gasteiger partial charge in [0.05, 0.1) is 0 Å². The van der Waals surface area contributed by atoms with E-state index in [2.05, 4.69) is 12.2 Å². The Hall–Kier alpha value is 0.167. The summed E-state index contributed by atoms with van der Waals surface area (Å²) in [5.74, 6) is 2.87. The number of fused-ring (bicyclic) bond motifs is 2. The van der Waals surface area contributed by atoms with Crippen LogP contribution in [0.15, 0.2) is 12.2 Å². The zero-order valence-corrected chi connectivity index (χ0v) is 11.0. The van der Waals surface area contributed by atoms with E-state index in [-0.39, 0.29) is 0 Å². The van der Waals surface area contributed by atoms with Gasteiger partial charge >= 0.3 is 9.28 Å². The minimum atomic E-state index is -1.18. The summed E-state index contributed by atoms with van der Waals surface area (Å²) in [6.07, 6.45) is 7.32. The van der Waals surface area contributed by atoms with Gasteiger partial charge in [0.2, 0.25) is 0 Å². The summed E-state index contributed by atoms with van der Waals surface area (Å²) < 4.78 is 10.9. The fourth-order valence-electron chi connectivity index (χ4n) is 3.02. The van der Waals surface area contributed by atoms with Crippen molar-refractivity contribution in [1.29, 1.82) is 0 Å². The number of alkyl halides is 1. The third kappa shape index (κ3) is 2.16. The Morgan fingerprint density at radius 2 is 2.07 bits per heavy atom. The van der Waals surface area contributed by atoms with Crippen LogP contribution < -0.4 is 0 Å². The van der Waals surface area contributed by atoms with Crippen molar-refractivity contribution < 1.29 is 8.85 Å². The maximum atomic E-state index is 6.08. The molecule has 4 atom stereocenters. The predicted octanol–water partition coefficient (Wildman–Crippen LogP) is 2.59. The summed E-state index contributed by atoms with van der Waals surface area (Å²) in [5, 5.41) is 0. The first-order valence-electron chi connectivity index (χ1n) is 5.49. The highest BCUT2D eigenvalue weighted by Gasteiger charge is 2.44. The van der Waals surface area contributed by atoms with Crippen LogP contribution in [0.2, 0.25) is 5.54 Å². The van der Waals surface area contributed by atoms with Gasteiger partial charge in [0.25, 0.3) is 0 Å². The Balaban J connectivity index is 2.03. The maximum Gasteiger partial charge on any atom is 0.389 e. The van der Waals surface area contributed by atoms with Crippen molar-refractivity contribution in [3.05, 3.63) is 12.2 Å². The van der Waals surface area contributed by atoms with Crippen LogP contribution in [-0.2, 0) is 8.85 Å². The van der Waals surface area contributed by atoms with Crippen LogP contribution in [0.5, 0.6) is 0 Å². The summed E-state index contributed by atoms with van der Waals surface area (Å²) in [4.78, 5) is 0. The molecule has 0 aromatic carbocycles. The molecule has 0 spiro atoms. The minimum absolute atomic E-state index is 0.423. The normalized spacial score (nSPS) is 35.3. The van der Waals surface area contributed by atoms with E-state index < -0.39 is 9.28 Å². The molecule has 0 aromatic heterocycles. The lowest BCUT2D eigenvalue weighted by molar-refractivity contribution is 0.246. The van der Waals surface area contributed by atoms with Crippen molar-refractivity contribution in [2.75, 3.05) is 20.1 Å². The highest BCUT2D eigenvalue weighted by Crippen LogP contribution is 2.49. The van der Waals surface area contributed by atoms with E-state index >= 15 is 0 Å². The molecule has 2 bridgehead atoms. The van der Waals surface area contributed by atoms with E-state index in [0.717, 1.165) is 11.8 Å². The van der Waals surface area contributed by atoms with Gasteiger partial charge in [-0.1, -0.05) is 12.2 Å². The van der Waals surface area contributed by atoms with Crippen molar-refractivity contribution in [3.8, 4) is 0 Å². The highest BCUT2D eigenvalue weighted by molar-refractivity contribution is 6.48. The summed E-state index contributed by atoms with van der Waals surface area (Å²) in [6.45, 7) is 0. The van der Waals surface area contributed by atoms with E-state index in [4.69, 9.17) is 20.5 Å². The summed E-state index contributed by atoms with van der Waals surface area (Å²) in [7, 11) is 2.29. The monoisotopic (exact) mass is 245 g/mol. The van der Waals surface area contributed by atoms with Gasteiger partial charge in [-0.3, -0.25) is 0 Å². The lowest BCUT2D eigenvalue weighted by Gasteiger charge is -2.29. The average Bonchev–Trinajstić information content (AvgIpc) is 2.87. The van der Waals surface area contributed by atoms with Crippen LogP contribution in [0, 0.1) is 17.8 Å². The second-order valence-electron chi connectivity index (χ2n) is 4.43. The summed E-state index contributed by atoms with van der Waals surface area (Å²) in [5.41, 5.74) is 0.423. The zero-order chi connectivity index (χ0) is 10.8. The molecule has 1 saturated carbocycles. The molecule has 0 aromatic rings. The Bertz CT molecular complexity index is 243. The van der Waals surface area contributed by atoms with Crippen LogP contribution in [0.1, 0.15) is 12.8 Å². The third-order valence-corrected chi connectivity index (χ3v) is 6.35. The molecule has 1 radical (unpaired) electrons. The largest absolute Gasteiger partial charge is 0.397 e. The molecule has 2 rings (SSSR count). The van der Waals surface area contributed by atoms with E-state index in [9.17, 15) is 0 Å². The average molecular weight is 246 g/mol. The van der Waals surface area contributed by atoms with Crippen LogP contribution in [0.3, 0.4) is 0 Å². The van der Waals surface area contributed by atoms with Gasteiger partial charge in [0, 0.05) is 25.6 Å². The molecule has 15 heavy (non-hydrogen) atoms. The molecule has 0 amide bonds. The van der Waals surface area contributed by atoms with Crippen LogP contribution in [0.25, 0.3) is 0 Å². The first-order chi connectivity index (χ1) is 7.30. The summed E-state index contributed by atoms with van der Waals surface area (Å²) >= 11 is 6.08. The molecular formula is C11H18ClO2Si. The van der Waals surface area contributed by atoms with Gasteiger partial charge in [-0.15, -0.1) is 11.6 Å². The van der Waals surface area contributed by atoms with Crippen molar-refractivity contribution in [2.24, 2.45) is 17.8 Å². The van der Waals surface area contributed by atoms with Gasteiger partial charge in [-0.25, -0.2) is 0 Å². The van der Waals surface area contributed by atoms with Crippen molar-refractivity contribution in [3.63, 3.8) is 0 Å². The molecule has 4 heteroatoms. The molecule has 1 fully saturated rings. The van der Waals surface area contributed by atoms with Crippen molar-refractivity contribution in [1.82, 2.24) is 0 Å². The molecule has 0 heterocycles. The van der Waals surface area contributed by atoms with Gasteiger partial charge in [0.1, 0.15) is 0 Å². The highest BCUT2D eigenvalue weighted by atomic mass is 35.5. The molecule has 0 saturated heterocycles. The second kappa shape index (κ2) is 5.00. The van der Waals surface area contributed by atoms with Gasteiger partial charge in [0.15, 0.2) is 0 Å². The first-order valence-corrected chi connectivity index (χ1v) is 7.42. The molecule has 0 N–H and O–H groups in total. The number of halogens is 1. The Labute approximate surface area is 98.4 Å². The van der Waals surface area contributed by atoms with Gasteiger partial charge in [-0.05, 0) is 30.6 Å². The van der Waals surface area contributed by atoms with E-state index in [0.29, 0.717) is 17.3 Å². The fourth-order valence-corrected chi connectivity index (χ4v) is 5.26. The first kappa shape index (κ1) is 11.6. The third-order valence-electron chi connectivity index (χ3n) is 3.72. The SMILES string of the molecule is CO[Si](OC)C(CCl)C1CC2C=CC1C2. The lowest BCUT2D eigenvalue weighted by Crippen LogP contribution is -2.34. The fraction of sp³-hybridized carbons (Fsp3) is 0.818. The zero-order valence-electron chi connectivity index (χ0n) is 9.28. The smallest absolute Gasteiger partial charge is 0.389 e. The lowest BCUT2D eigenvalue weighted by atomic mass is 9.91. The number of hydrogen-bond donors (Lipinski definition) is 0. The minimum Gasteiger partial charge on any atom is -0.397 e. The molecule has 2 aliphatic carbocycles. The molecule has 0 aliphatic heterocycles. The van der Waals surface area contributed by atoms with E-state index in [1.54, 1.807) is 14.2 Å². The van der Waals surface area contributed by atoms with Gasteiger partial charge < -0.3 is 8.85 Å². The van der Waals surface area contributed by atoms with E-state index in [1.807, 2.05) is 0 Å². The van der Waals surface area contributed by atoms with E-state index in [1.165, 1.54) is 12.8 Å². The maximum absolute atomic E-state index is 6.08. The Morgan fingerprint density at radius 1 is 1.33 bits per heavy atom. The molecule has 2 aliphatic rings. The van der Waals surface area contributed by atoms with Crippen molar-refractivity contribution >= 4 is 20.9 Å². The van der Waals surface area contributed by atoms with Gasteiger partial charge in [-0.2, -0.15) is 0 Å². The van der Waals surface area contributed by atoms with Crippen molar-refractivity contribution in [2.45, 2.75) is 18.4 Å². The standard InChI is InChI=1S/C11H18ClO2Si/c1-13-15(14-2)11(7-12)10-6-8-3-4-9(10)5-8/h3-4,8-11H,5-7H2,1-2H3. The predicted molar refractivity (Wildman–Crippen MR) is 63.1 cm³/mol. The van der Waals surface area contributed by atoms with Crippen LogP contribution >= 0.6 is 11.6 Å². The summed E-state index contributed by atoms with van der Waals surface area (Å²) in [6, 6.07) is 0. The number of hydrogen-bond acceptors (Lipinski definition) is 2. The molecule has 2 nitrogen and oxygen atoms in total. The Morgan fingerprint density at radius 3 is 2.47 bits per heavy atom. The number of allylic oxidation sites excluding steroid dienone is 2. The molecular weight excluding hydrogens is 228 g/mol. The second-order valence-corrected chi connectivity index (χ2v) is 6.94. The molecule has 85 valence electrons. The Kier molecular flexibility index (Phi) is 3.88. The molecule has 4 unspecified atom stereocenters. The number of rotatable bonds is 5. The quantitative estimate of drug-likeness (QED) is 0.421. The van der Waals surface area contributed by atoms with Crippen LogP contribution in [0.4, 0.5) is 0 Å². The topological polar surface area (TPSA) is 18.5 Å².